The lowest BCUT2D eigenvalue weighted by Crippen LogP contribution is -2.65. The summed E-state index contributed by atoms with van der Waals surface area (Å²) in [4.78, 5) is 31.1. The Morgan fingerprint density at radius 3 is 2.26 bits per heavy atom. The van der Waals surface area contributed by atoms with Crippen molar-refractivity contribution in [2.45, 2.75) is 66.1 Å². The molecule has 42 heavy (non-hydrogen) atoms. The topological polar surface area (TPSA) is 72.6 Å². The Hall–Kier alpha value is -4.02. The number of amides is 1. The van der Waals surface area contributed by atoms with Crippen molar-refractivity contribution in [2.24, 2.45) is 0 Å². The summed E-state index contributed by atoms with van der Waals surface area (Å²) in [6, 6.07) is 16.2. The van der Waals surface area contributed by atoms with Crippen LogP contribution >= 0.6 is 11.6 Å². The summed E-state index contributed by atoms with van der Waals surface area (Å²) in [6.45, 7) is 9.63. The number of aromatic nitrogens is 3. The van der Waals surface area contributed by atoms with Crippen LogP contribution in [0.25, 0.3) is 5.69 Å². The van der Waals surface area contributed by atoms with E-state index in [0.717, 1.165) is 10.2 Å². The first-order valence-corrected chi connectivity index (χ1v) is 14.1. The molecular formula is C31H32ClF2N5O3. The molecular weight excluding hydrogens is 564 g/mol. The molecule has 0 aliphatic carbocycles. The van der Waals surface area contributed by atoms with Gasteiger partial charge >= 0.3 is 5.69 Å². The molecule has 0 N–H and O–H groups in total. The average molecular weight is 596 g/mol. The van der Waals surface area contributed by atoms with Crippen molar-refractivity contribution < 1.29 is 18.3 Å². The minimum absolute atomic E-state index is 0.0162. The first-order valence-electron chi connectivity index (χ1n) is 13.7. The van der Waals surface area contributed by atoms with Crippen LogP contribution in [0.4, 0.5) is 20.2 Å². The number of carbonyl (C=O) groups is 1. The second kappa shape index (κ2) is 11.3. The molecule has 5 rings (SSSR count). The van der Waals surface area contributed by atoms with Gasteiger partial charge in [0.1, 0.15) is 35.3 Å². The van der Waals surface area contributed by atoms with E-state index in [-0.39, 0.29) is 53.6 Å². The van der Waals surface area contributed by atoms with Crippen LogP contribution in [-0.2, 0) is 24.5 Å². The Kier molecular flexibility index (Phi) is 7.96. The number of fused-ring (bicyclic) bond motifs is 1. The summed E-state index contributed by atoms with van der Waals surface area (Å²) in [6.07, 6.45) is 0. The number of rotatable bonds is 8. The summed E-state index contributed by atoms with van der Waals surface area (Å²) in [7, 11) is 0. The highest BCUT2D eigenvalue weighted by Gasteiger charge is 2.48. The van der Waals surface area contributed by atoms with E-state index < -0.39 is 28.9 Å². The molecule has 1 aliphatic heterocycles. The molecule has 220 valence electrons. The Balaban J connectivity index is 1.68. The number of hydrogen-bond donors (Lipinski definition) is 0. The molecule has 2 heterocycles. The SMILES string of the molecule is CCn1c(COCc2ccccc2)nn(-c2c(F)ccc3c2C(=O)N(c2c(F)cccc2Cl)C(C)(C)N3C(C)C)c1=O. The van der Waals surface area contributed by atoms with Crippen LogP contribution in [0.5, 0.6) is 0 Å². The molecule has 1 amide bonds. The van der Waals surface area contributed by atoms with E-state index in [1.165, 1.54) is 39.8 Å². The van der Waals surface area contributed by atoms with Crippen LogP contribution in [-0.4, -0.2) is 32.0 Å². The molecule has 1 aromatic heterocycles. The number of nitrogens with zero attached hydrogens (tertiary/aromatic N) is 5. The van der Waals surface area contributed by atoms with Crippen molar-refractivity contribution in [1.29, 1.82) is 0 Å². The van der Waals surface area contributed by atoms with E-state index in [9.17, 15) is 9.59 Å². The van der Waals surface area contributed by atoms with E-state index in [1.54, 1.807) is 20.8 Å². The lowest BCUT2D eigenvalue weighted by Gasteiger charge is -2.53. The summed E-state index contributed by atoms with van der Waals surface area (Å²) in [5, 5.41) is 4.46. The van der Waals surface area contributed by atoms with Gasteiger partial charge in [0.05, 0.1) is 22.9 Å². The van der Waals surface area contributed by atoms with Crippen molar-refractivity contribution in [1.82, 2.24) is 14.3 Å². The Bertz CT molecular complexity index is 1680. The molecule has 0 saturated heterocycles. The summed E-state index contributed by atoms with van der Waals surface area (Å²) in [5.41, 5.74) is -1.00. The predicted molar refractivity (Wildman–Crippen MR) is 158 cm³/mol. The highest BCUT2D eigenvalue weighted by atomic mass is 35.5. The fraction of sp³-hybridized carbons (Fsp3) is 0.323. The number of hydrogen-bond acceptors (Lipinski definition) is 5. The van der Waals surface area contributed by atoms with Crippen LogP contribution in [0.2, 0.25) is 5.02 Å². The van der Waals surface area contributed by atoms with Crippen molar-refractivity contribution in [3.8, 4) is 5.69 Å². The molecule has 8 nitrogen and oxygen atoms in total. The number of halogens is 3. The van der Waals surface area contributed by atoms with Gasteiger partial charge in [-0.1, -0.05) is 48.0 Å². The van der Waals surface area contributed by atoms with Gasteiger partial charge in [0.2, 0.25) is 0 Å². The smallest absolute Gasteiger partial charge is 0.350 e. The maximum absolute atomic E-state index is 15.8. The number of anilines is 2. The van der Waals surface area contributed by atoms with Gasteiger partial charge in [-0.3, -0.25) is 14.3 Å². The lowest BCUT2D eigenvalue weighted by molar-refractivity contribution is 0.0946. The van der Waals surface area contributed by atoms with Crippen LogP contribution < -0.4 is 15.5 Å². The van der Waals surface area contributed by atoms with Crippen molar-refractivity contribution in [3.05, 3.63) is 105 Å². The van der Waals surface area contributed by atoms with E-state index in [4.69, 9.17) is 16.3 Å². The summed E-state index contributed by atoms with van der Waals surface area (Å²) in [5.74, 6) is -1.98. The molecule has 1 aliphatic rings. The monoisotopic (exact) mass is 595 g/mol. The maximum Gasteiger partial charge on any atom is 0.350 e. The van der Waals surface area contributed by atoms with Crippen LogP contribution in [0.3, 0.4) is 0 Å². The minimum Gasteiger partial charge on any atom is -0.369 e. The Morgan fingerprint density at radius 1 is 0.929 bits per heavy atom. The number of benzene rings is 3. The van der Waals surface area contributed by atoms with Gasteiger partial charge in [-0.05, 0) is 64.4 Å². The Labute approximate surface area is 247 Å². The molecule has 11 heteroatoms. The minimum atomic E-state index is -1.12. The fourth-order valence-corrected chi connectivity index (χ4v) is 6.01. The average Bonchev–Trinajstić information content (AvgIpc) is 3.25. The molecule has 0 atom stereocenters. The van der Waals surface area contributed by atoms with Gasteiger partial charge in [-0.25, -0.2) is 13.6 Å². The van der Waals surface area contributed by atoms with Gasteiger partial charge in [-0.15, -0.1) is 5.10 Å². The summed E-state index contributed by atoms with van der Waals surface area (Å²) >= 11 is 6.45. The number of carbonyl (C=O) groups excluding carboxylic acids is 1. The maximum atomic E-state index is 15.8. The third-order valence-electron chi connectivity index (χ3n) is 7.41. The van der Waals surface area contributed by atoms with Gasteiger partial charge in [-0.2, -0.15) is 4.68 Å². The summed E-state index contributed by atoms with van der Waals surface area (Å²) < 4.78 is 39.2. The van der Waals surface area contributed by atoms with Crippen molar-refractivity contribution in [3.63, 3.8) is 0 Å². The highest BCUT2D eigenvalue weighted by Crippen LogP contribution is 2.45. The normalized spacial score (nSPS) is 14.5. The molecule has 4 aromatic rings. The zero-order valence-corrected chi connectivity index (χ0v) is 24.8. The van der Waals surface area contributed by atoms with E-state index in [2.05, 4.69) is 5.10 Å². The van der Waals surface area contributed by atoms with E-state index in [0.29, 0.717) is 5.69 Å². The van der Waals surface area contributed by atoms with Crippen LogP contribution in [0.15, 0.2) is 65.5 Å². The zero-order chi connectivity index (χ0) is 30.3. The van der Waals surface area contributed by atoms with Crippen molar-refractivity contribution >= 4 is 28.9 Å². The van der Waals surface area contributed by atoms with Crippen LogP contribution in [0.1, 0.15) is 56.4 Å². The fourth-order valence-electron chi connectivity index (χ4n) is 5.77. The van der Waals surface area contributed by atoms with E-state index >= 15 is 8.78 Å². The first-order chi connectivity index (χ1) is 20.0. The third kappa shape index (κ3) is 4.88. The van der Waals surface area contributed by atoms with Gasteiger partial charge in [0, 0.05) is 12.6 Å². The van der Waals surface area contributed by atoms with E-state index in [1.807, 2.05) is 49.1 Å². The first kappa shape index (κ1) is 29.5. The molecule has 0 bridgehead atoms. The number of para-hydroxylation sites is 1. The third-order valence-corrected chi connectivity index (χ3v) is 7.71. The van der Waals surface area contributed by atoms with Crippen LogP contribution in [0, 0.1) is 11.6 Å². The number of ether oxygens (including phenoxy) is 1. The Morgan fingerprint density at radius 2 is 1.62 bits per heavy atom. The molecule has 0 fully saturated rings. The van der Waals surface area contributed by atoms with Crippen molar-refractivity contribution in [2.75, 3.05) is 9.80 Å². The van der Waals surface area contributed by atoms with Gasteiger partial charge in [0.15, 0.2) is 5.82 Å². The van der Waals surface area contributed by atoms with Gasteiger partial charge in [0.25, 0.3) is 5.91 Å². The van der Waals surface area contributed by atoms with Gasteiger partial charge < -0.3 is 9.64 Å². The molecule has 0 spiro atoms. The largest absolute Gasteiger partial charge is 0.369 e. The molecule has 0 unspecified atom stereocenters. The predicted octanol–water partition coefficient (Wildman–Crippen LogP) is 6.31. The lowest BCUT2D eigenvalue weighted by atomic mass is 9.94. The second-order valence-electron chi connectivity index (χ2n) is 10.8. The second-order valence-corrected chi connectivity index (χ2v) is 11.2. The quantitative estimate of drug-likeness (QED) is 0.239. The zero-order valence-electron chi connectivity index (χ0n) is 24.1. The highest BCUT2D eigenvalue weighted by molar-refractivity contribution is 6.34. The standard InChI is InChI=1S/C31H32ClF2N5O3/c1-6-36-25(18-42-17-20-11-8-7-9-12-20)35-39(30(36)41)28-23(34)15-16-24-26(28)29(40)38(31(4,5)37(24)19(2)3)27-21(32)13-10-14-22(27)33/h7-16,19H,6,17-18H2,1-5H3. The molecule has 0 radical (unpaired) electrons. The molecule has 3 aromatic carbocycles. The molecule has 0 saturated carbocycles.